The molecule has 0 fully saturated rings. The number of halogens is 1. The van der Waals surface area contributed by atoms with E-state index in [1.807, 2.05) is 4.52 Å². The summed E-state index contributed by atoms with van der Waals surface area (Å²) in [5.74, 6) is 0.910. The fourth-order valence-corrected chi connectivity index (χ4v) is 2.81. The van der Waals surface area contributed by atoms with E-state index >= 15 is 0 Å². The van der Waals surface area contributed by atoms with Gasteiger partial charge in [-0.25, -0.2) is 0 Å². The molecule has 4 nitrogen and oxygen atoms in total. The molecular weight excluding hydrogens is 347 g/mol. The van der Waals surface area contributed by atoms with Crippen molar-refractivity contribution in [2.24, 2.45) is 0 Å². The molecule has 0 aliphatic rings. The van der Waals surface area contributed by atoms with Crippen LogP contribution < -0.4 is 0 Å². The quantitative estimate of drug-likeness (QED) is 0.663. The first kappa shape index (κ1) is 11.1. The Kier molecular flexibility index (Phi) is 2.83. The minimum Gasteiger partial charge on any atom is -0.187 e. The van der Waals surface area contributed by atoms with Crippen molar-refractivity contribution in [3.05, 3.63) is 33.7 Å². The Morgan fingerprint density at radius 3 is 2.71 bits per heavy atom. The van der Waals surface area contributed by atoms with Crippen LogP contribution in [0.3, 0.4) is 0 Å². The molecule has 86 valence electrons. The highest BCUT2D eigenvalue weighted by atomic mass is 127. The Bertz CT molecular complexity index is 656. The lowest BCUT2D eigenvalue weighted by molar-refractivity contribution is 0.838. The second kappa shape index (κ2) is 4.34. The summed E-state index contributed by atoms with van der Waals surface area (Å²) in [5.41, 5.74) is 1.13. The molecule has 0 atom stereocenters. The van der Waals surface area contributed by atoms with Crippen LogP contribution in [0.25, 0.3) is 15.5 Å². The summed E-state index contributed by atoms with van der Waals surface area (Å²) in [5, 5.41) is 13.7. The van der Waals surface area contributed by atoms with Gasteiger partial charge in [0.2, 0.25) is 4.96 Å². The van der Waals surface area contributed by atoms with Gasteiger partial charge in [-0.1, -0.05) is 30.4 Å². The fraction of sp³-hybridized carbons (Fsp3) is 0.182. The van der Waals surface area contributed by atoms with Crippen molar-refractivity contribution in [3.8, 4) is 10.6 Å². The number of nitrogens with zero attached hydrogens (tertiary/aromatic N) is 4. The molecule has 0 N–H and O–H groups in total. The van der Waals surface area contributed by atoms with E-state index in [2.05, 4.69) is 69.1 Å². The second-order valence-electron chi connectivity index (χ2n) is 3.58. The molecule has 0 bridgehead atoms. The summed E-state index contributed by atoms with van der Waals surface area (Å²) >= 11 is 3.86. The molecule has 3 aromatic rings. The number of benzene rings is 1. The van der Waals surface area contributed by atoms with Crippen molar-refractivity contribution in [1.29, 1.82) is 0 Å². The number of hydrogen-bond donors (Lipinski definition) is 0. The van der Waals surface area contributed by atoms with Crippen LogP contribution in [0.2, 0.25) is 0 Å². The van der Waals surface area contributed by atoms with Gasteiger partial charge in [0.15, 0.2) is 5.82 Å². The Hall–Kier alpha value is -1.02. The third-order valence-corrected chi connectivity index (χ3v) is 4.13. The SMILES string of the molecule is CCc1nnc2sc(-c3ccc(I)cc3)nn12. The van der Waals surface area contributed by atoms with Gasteiger partial charge in [-0.05, 0) is 34.7 Å². The van der Waals surface area contributed by atoms with Crippen molar-refractivity contribution >= 4 is 38.9 Å². The molecule has 6 heteroatoms. The molecule has 0 radical (unpaired) electrons. The summed E-state index contributed by atoms with van der Waals surface area (Å²) < 4.78 is 3.06. The molecule has 2 aromatic heterocycles. The van der Waals surface area contributed by atoms with E-state index in [1.54, 1.807) is 11.3 Å². The van der Waals surface area contributed by atoms with E-state index in [0.717, 1.165) is 27.8 Å². The van der Waals surface area contributed by atoms with Crippen LogP contribution in [-0.2, 0) is 6.42 Å². The minimum atomic E-state index is 0.844. The molecule has 0 amide bonds. The number of fused-ring (bicyclic) bond motifs is 1. The van der Waals surface area contributed by atoms with Crippen LogP contribution in [0.1, 0.15) is 12.7 Å². The maximum absolute atomic E-state index is 4.55. The van der Waals surface area contributed by atoms with Crippen molar-refractivity contribution < 1.29 is 0 Å². The molecule has 17 heavy (non-hydrogen) atoms. The number of aromatic nitrogens is 4. The van der Waals surface area contributed by atoms with Crippen LogP contribution in [0.4, 0.5) is 0 Å². The maximum Gasteiger partial charge on any atom is 0.234 e. The molecular formula is C11H9IN4S. The van der Waals surface area contributed by atoms with Gasteiger partial charge in [-0.15, -0.1) is 10.2 Å². The lowest BCUT2D eigenvalue weighted by atomic mass is 10.2. The first-order chi connectivity index (χ1) is 8.28. The summed E-state index contributed by atoms with van der Waals surface area (Å²) in [6.07, 6.45) is 0.844. The summed E-state index contributed by atoms with van der Waals surface area (Å²) in [6.45, 7) is 2.06. The summed E-state index contributed by atoms with van der Waals surface area (Å²) in [6, 6.07) is 8.33. The number of rotatable bonds is 2. The first-order valence-corrected chi connectivity index (χ1v) is 7.14. The van der Waals surface area contributed by atoms with E-state index in [9.17, 15) is 0 Å². The normalized spacial score (nSPS) is 11.2. The van der Waals surface area contributed by atoms with Crippen molar-refractivity contribution in [3.63, 3.8) is 0 Å². The lowest BCUT2D eigenvalue weighted by Crippen LogP contribution is -1.93. The van der Waals surface area contributed by atoms with Gasteiger partial charge in [-0.3, -0.25) is 0 Å². The van der Waals surface area contributed by atoms with Crippen LogP contribution in [-0.4, -0.2) is 19.8 Å². The highest BCUT2D eigenvalue weighted by molar-refractivity contribution is 14.1. The summed E-state index contributed by atoms with van der Waals surface area (Å²) in [7, 11) is 0. The largest absolute Gasteiger partial charge is 0.234 e. The molecule has 0 saturated carbocycles. The van der Waals surface area contributed by atoms with E-state index < -0.39 is 0 Å². The zero-order chi connectivity index (χ0) is 11.8. The van der Waals surface area contributed by atoms with Gasteiger partial charge in [0.05, 0.1) is 0 Å². The Labute approximate surface area is 116 Å². The van der Waals surface area contributed by atoms with Crippen molar-refractivity contribution in [2.75, 3.05) is 0 Å². The standard InChI is InChI=1S/C11H9IN4S/c1-2-9-13-14-11-16(9)15-10(17-11)7-3-5-8(12)6-4-7/h3-6H,2H2,1H3. The van der Waals surface area contributed by atoms with Crippen LogP contribution in [0.15, 0.2) is 24.3 Å². The molecule has 0 aliphatic carbocycles. The second-order valence-corrected chi connectivity index (χ2v) is 5.78. The molecule has 0 aliphatic heterocycles. The monoisotopic (exact) mass is 356 g/mol. The van der Waals surface area contributed by atoms with E-state index in [1.165, 1.54) is 3.57 Å². The molecule has 1 aromatic carbocycles. The maximum atomic E-state index is 4.55. The zero-order valence-corrected chi connectivity index (χ0v) is 12.1. The predicted molar refractivity (Wildman–Crippen MR) is 76.2 cm³/mol. The van der Waals surface area contributed by atoms with E-state index in [0.29, 0.717) is 0 Å². The third-order valence-electron chi connectivity index (χ3n) is 2.46. The van der Waals surface area contributed by atoms with Gasteiger partial charge in [0, 0.05) is 15.6 Å². The predicted octanol–water partition coefficient (Wildman–Crippen LogP) is 3.02. The van der Waals surface area contributed by atoms with Crippen LogP contribution >= 0.6 is 33.9 Å². The minimum absolute atomic E-state index is 0.844. The van der Waals surface area contributed by atoms with Crippen LogP contribution in [0.5, 0.6) is 0 Å². The van der Waals surface area contributed by atoms with E-state index in [4.69, 9.17) is 0 Å². The topological polar surface area (TPSA) is 43.1 Å². The Morgan fingerprint density at radius 2 is 2.00 bits per heavy atom. The molecule has 2 heterocycles. The van der Waals surface area contributed by atoms with Gasteiger partial charge >= 0.3 is 0 Å². The fourth-order valence-electron chi connectivity index (χ4n) is 1.59. The first-order valence-electron chi connectivity index (χ1n) is 5.25. The van der Waals surface area contributed by atoms with Gasteiger partial charge < -0.3 is 0 Å². The van der Waals surface area contributed by atoms with Gasteiger partial charge in [0.1, 0.15) is 5.01 Å². The highest BCUT2D eigenvalue weighted by Gasteiger charge is 2.11. The molecule has 0 unspecified atom stereocenters. The number of aryl methyl sites for hydroxylation is 1. The van der Waals surface area contributed by atoms with Crippen LogP contribution in [0, 0.1) is 3.57 Å². The zero-order valence-electron chi connectivity index (χ0n) is 9.09. The summed E-state index contributed by atoms with van der Waals surface area (Å²) in [4.78, 5) is 0.857. The average Bonchev–Trinajstić information content (AvgIpc) is 2.89. The Balaban J connectivity index is 2.11. The smallest absolute Gasteiger partial charge is 0.187 e. The lowest BCUT2D eigenvalue weighted by Gasteiger charge is -1.95. The third kappa shape index (κ3) is 1.95. The Morgan fingerprint density at radius 1 is 1.24 bits per heavy atom. The van der Waals surface area contributed by atoms with Gasteiger partial charge in [-0.2, -0.15) is 9.61 Å². The molecule has 3 rings (SSSR count). The van der Waals surface area contributed by atoms with Crippen molar-refractivity contribution in [2.45, 2.75) is 13.3 Å². The molecule has 0 saturated heterocycles. The van der Waals surface area contributed by atoms with E-state index in [-0.39, 0.29) is 0 Å². The highest BCUT2D eigenvalue weighted by Crippen LogP contribution is 2.25. The number of hydrogen-bond acceptors (Lipinski definition) is 4. The van der Waals surface area contributed by atoms with Crippen molar-refractivity contribution in [1.82, 2.24) is 19.8 Å². The average molecular weight is 356 g/mol. The molecule has 0 spiro atoms. The van der Waals surface area contributed by atoms with Gasteiger partial charge in [0.25, 0.3) is 0 Å².